The molecule has 9 heteroatoms. The molecule has 0 aliphatic carbocycles. The molecule has 2 aromatic heterocycles. The van der Waals surface area contributed by atoms with Crippen molar-refractivity contribution in [2.45, 2.75) is 13.8 Å². The Hall–Kier alpha value is -2.45. The zero-order valence-electron chi connectivity index (χ0n) is 15.9. The van der Waals surface area contributed by atoms with Gasteiger partial charge < -0.3 is 9.73 Å². The number of halogens is 2. The summed E-state index contributed by atoms with van der Waals surface area (Å²) < 4.78 is 6.73. The number of anilines is 1. The molecule has 4 aromatic rings. The van der Waals surface area contributed by atoms with Crippen LogP contribution in [0.15, 0.2) is 46.9 Å². The maximum Gasteiger partial charge on any atom is 0.293 e. The lowest BCUT2D eigenvalue weighted by Crippen LogP contribution is -2.33. The minimum absolute atomic E-state index is 0.108. The highest BCUT2D eigenvalue weighted by Crippen LogP contribution is 2.32. The van der Waals surface area contributed by atoms with E-state index in [-0.39, 0.29) is 10.9 Å². The first-order chi connectivity index (χ1) is 14.3. The number of aryl methyl sites for hydroxylation is 2. The molecule has 2 heterocycles. The average molecular weight is 476 g/mol. The van der Waals surface area contributed by atoms with Gasteiger partial charge in [-0.1, -0.05) is 46.7 Å². The smallest absolute Gasteiger partial charge is 0.293 e. The minimum Gasteiger partial charge on any atom is -0.451 e. The van der Waals surface area contributed by atoms with E-state index in [0.29, 0.717) is 26.5 Å². The molecule has 0 saturated carbocycles. The Morgan fingerprint density at radius 2 is 1.87 bits per heavy atom. The number of nitrogens with zero attached hydrogens (tertiary/aromatic N) is 1. The number of nitrogens with one attached hydrogen (secondary N) is 2. The van der Waals surface area contributed by atoms with E-state index in [4.69, 9.17) is 39.8 Å². The van der Waals surface area contributed by atoms with Crippen LogP contribution in [0, 0.1) is 13.8 Å². The van der Waals surface area contributed by atoms with E-state index in [2.05, 4.69) is 21.7 Å². The predicted molar refractivity (Wildman–Crippen MR) is 127 cm³/mol. The van der Waals surface area contributed by atoms with Gasteiger partial charge in [0.2, 0.25) is 0 Å². The molecule has 0 aliphatic rings. The molecule has 0 aliphatic heterocycles. The molecule has 0 radical (unpaired) electrons. The monoisotopic (exact) mass is 475 g/mol. The Morgan fingerprint density at radius 3 is 2.60 bits per heavy atom. The van der Waals surface area contributed by atoms with Crippen LogP contribution < -0.4 is 10.6 Å². The number of hydrogen-bond acceptors (Lipinski definition) is 5. The van der Waals surface area contributed by atoms with E-state index in [1.165, 1.54) is 11.3 Å². The van der Waals surface area contributed by atoms with Crippen molar-refractivity contribution in [2.75, 3.05) is 5.32 Å². The van der Waals surface area contributed by atoms with Gasteiger partial charge in [0, 0.05) is 10.6 Å². The largest absolute Gasteiger partial charge is 0.451 e. The minimum atomic E-state index is -0.475. The van der Waals surface area contributed by atoms with Crippen LogP contribution in [0.4, 0.5) is 5.13 Å². The van der Waals surface area contributed by atoms with E-state index in [1.54, 1.807) is 30.3 Å². The van der Waals surface area contributed by atoms with Crippen molar-refractivity contribution in [3.8, 4) is 11.3 Å². The molecule has 0 bridgehead atoms. The summed E-state index contributed by atoms with van der Waals surface area (Å²) in [6, 6.07) is 12.4. The molecular formula is C21H15Cl2N3O2S2. The number of benzene rings is 2. The lowest BCUT2D eigenvalue weighted by molar-refractivity contribution is 0.0951. The first-order valence-corrected chi connectivity index (χ1v) is 10.8. The molecule has 1 amide bonds. The summed E-state index contributed by atoms with van der Waals surface area (Å²) >= 11 is 18.9. The van der Waals surface area contributed by atoms with Gasteiger partial charge in [0.25, 0.3) is 5.91 Å². The number of carbonyl (C=O) groups excluding carboxylic acids is 1. The summed E-state index contributed by atoms with van der Waals surface area (Å²) in [4.78, 5) is 17.1. The lowest BCUT2D eigenvalue weighted by Gasteiger charge is -2.05. The van der Waals surface area contributed by atoms with Gasteiger partial charge in [0.05, 0.1) is 15.2 Å². The molecule has 0 unspecified atom stereocenters. The van der Waals surface area contributed by atoms with Gasteiger partial charge in [-0.05, 0) is 67.5 Å². The van der Waals surface area contributed by atoms with Gasteiger partial charge in [-0.15, -0.1) is 0 Å². The number of furan rings is 1. The zero-order chi connectivity index (χ0) is 21.4. The van der Waals surface area contributed by atoms with Crippen molar-refractivity contribution in [3.63, 3.8) is 0 Å². The van der Waals surface area contributed by atoms with Crippen molar-refractivity contribution < 1.29 is 9.21 Å². The predicted octanol–water partition coefficient (Wildman–Crippen LogP) is 6.61. The zero-order valence-corrected chi connectivity index (χ0v) is 19.0. The number of carbonyl (C=O) groups is 1. The van der Waals surface area contributed by atoms with Crippen LogP contribution in [-0.2, 0) is 0 Å². The van der Waals surface area contributed by atoms with Crippen LogP contribution in [0.25, 0.3) is 21.5 Å². The van der Waals surface area contributed by atoms with E-state index < -0.39 is 5.91 Å². The third-order valence-electron chi connectivity index (χ3n) is 4.42. The second-order valence-corrected chi connectivity index (χ2v) is 8.84. The highest BCUT2D eigenvalue weighted by molar-refractivity contribution is 7.80. The van der Waals surface area contributed by atoms with Crippen molar-refractivity contribution in [1.82, 2.24) is 10.3 Å². The van der Waals surface area contributed by atoms with Crippen LogP contribution in [-0.4, -0.2) is 16.0 Å². The third-order valence-corrected chi connectivity index (χ3v) is 6.27. The van der Waals surface area contributed by atoms with Crippen LogP contribution >= 0.6 is 46.8 Å². The first kappa shape index (κ1) is 20.8. The molecule has 0 spiro atoms. The topological polar surface area (TPSA) is 67.2 Å². The number of hydrogen-bond donors (Lipinski definition) is 2. The fourth-order valence-corrected chi connectivity index (χ4v) is 4.67. The average Bonchev–Trinajstić information content (AvgIpc) is 3.33. The maximum atomic E-state index is 12.5. The molecular weight excluding hydrogens is 461 g/mol. The highest BCUT2D eigenvalue weighted by atomic mass is 35.5. The summed E-state index contributed by atoms with van der Waals surface area (Å²) in [7, 11) is 0. The Bertz CT molecular complexity index is 1260. The Kier molecular flexibility index (Phi) is 5.79. The van der Waals surface area contributed by atoms with Crippen molar-refractivity contribution in [1.29, 1.82) is 0 Å². The molecule has 0 fully saturated rings. The lowest BCUT2D eigenvalue weighted by atomic mass is 10.1. The van der Waals surface area contributed by atoms with Crippen LogP contribution in [0.2, 0.25) is 10.0 Å². The summed E-state index contributed by atoms with van der Waals surface area (Å²) in [6.45, 7) is 4.04. The first-order valence-electron chi connectivity index (χ1n) is 8.86. The number of amides is 1. The van der Waals surface area contributed by atoms with Crippen molar-refractivity contribution in [3.05, 3.63) is 69.4 Å². The van der Waals surface area contributed by atoms with Gasteiger partial charge in [-0.2, -0.15) is 0 Å². The quantitative estimate of drug-likeness (QED) is 0.326. The van der Waals surface area contributed by atoms with Gasteiger partial charge in [0.15, 0.2) is 16.0 Å². The number of rotatable bonds is 3. The molecule has 4 rings (SSSR count). The molecule has 2 N–H and O–H groups in total. The van der Waals surface area contributed by atoms with E-state index in [1.807, 2.05) is 19.9 Å². The van der Waals surface area contributed by atoms with Gasteiger partial charge in [0.1, 0.15) is 5.76 Å². The second kappa shape index (κ2) is 8.35. The van der Waals surface area contributed by atoms with Crippen LogP contribution in [0.3, 0.4) is 0 Å². The fourth-order valence-electron chi connectivity index (χ4n) is 2.90. The van der Waals surface area contributed by atoms with Gasteiger partial charge in [-0.3, -0.25) is 10.1 Å². The summed E-state index contributed by atoms with van der Waals surface area (Å²) in [5.41, 5.74) is 3.78. The third kappa shape index (κ3) is 4.20. The summed E-state index contributed by atoms with van der Waals surface area (Å²) in [5.74, 6) is 0.0891. The molecule has 0 saturated heterocycles. The number of fused-ring (bicyclic) bond motifs is 1. The normalized spacial score (nSPS) is 10.9. The Labute approximate surface area is 192 Å². The molecule has 5 nitrogen and oxygen atoms in total. The number of thiazole rings is 1. The molecule has 30 heavy (non-hydrogen) atoms. The van der Waals surface area contributed by atoms with E-state index in [0.717, 1.165) is 21.3 Å². The number of thiocarbonyl (C=S) groups is 1. The molecule has 0 atom stereocenters. The Morgan fingerprint density at radius 1 is 1.10 bits per heavy atom. The fraction of sp³-hybridized carbons (Fsp3) is 0.0952. The summed E-state index contributed by atoms with van der Waals surface area (Å²) in [5, 5.41) is 7.28. The summed E-state index contributed by atoms with van der Waals surface area (Å²) in [6.07, 6.45) is 0. The molecule has 152 valence electrons. The maximum absolute atomic E-state index is 12.5. The highest BCUT2D eigenvalue weighted by Gasteiger charge is 2.16. The van der Waals surface area contributed by atoms with Crippen molar-refractivity contribution >= 4 is 73.1 Å². The van der Waals surface area contributed by atoms with Crippen LogP contribution in [0.1, 0.15) is 21.7 Å². The van der Waals surface area contributed by atoms with Gasteiger partial charge >= 0.3 is 0 Å². The number of aromatic nitrogens is 1. The van der Waals surface area contributed by atoms with Crippen LogP contribution in [0.5, 0.6) is 0 Å². The molecule has 2 aromatic carbocycles. The van der Waals surface area contributed by atoms with E-state index in [9.17, 15) is 4.79 Å². The second-order valence-electron chi connectivity index (χ2n) is 6.59. The van der Waals surface area contributed by atoms with E-state index >= 15 is 0 Å². The SMILES string of the molecule is Cc1ccc(C)c2sc(NC(=S)NC(=O)c3ccc(-c4ccc(Cl)cc4Cl)o3)nc12. The Balaban J connectivity index is 1.47. The van der Waals surface area contributed by atoms with Gasteiger partial charge in [-0.25, -0.2) is 4.98 Å². The van der Waals surface area contributed by atoms with Crippen molar-refractivity contribution in [2.24, 2.45) is 0 Å². The standard InChI is InChI=1S/C21H15Cl2N3O2S2/c1-10-3-4-11(2)18-17(10)24-21(30-18)26-20(29)25-19(27)16-8-7-15(28-16)13-6-5-12(22)9-14(13)23/h3-9H,1-2H3,(H2,24,25,26,27,29).